The first-order valence-electron chi connectivity index (χ1n) is 4.03. The number of hydrogen-bond acceptors (Lipinski definition) is 7. The van der Waals surface area contributed by atoms with Gasteiger partial charge in [0.2, 0.25) is 0 Å². The first-order valence-corrected chi connectivity index (χ1v) is 5.81. The van der Waals surface area contributed by atoms with Gasteiger partial charge in [0, 0.05) is 16.8 Å². The van der Waals surface area contributed by atoms with Crippen molar-refractivity contribution in [1.82, 2.24) is 0 Å². The van der Waals surface area contributed by atoms with Crippen LogP contribution in [0.15, 0.2) is 0 Å². The van der Waals surface area contributed by atoms with Gasteiger partial charge in [0.25, 0.3) is 0 Å². The Balaban J connectivity index is 4.11. The van der Waals surface area contributed by atoms with E-state index in [1.54, 1.807) is 0 Å². The molecule has 84 valence electrons. The standard InChI is InChI=1S/C7H15NO3S3/c8-4(2-12)7(10)11-5(1-9)6(14)3-13/h4-6,9,12-14H,1-3,8H2/t4-,5+,6+/m0/s1. The second kappa shape index (κ2) is 7.70. The van der Waals surface area contributed by atoms with Crippen molar-refractivity contribution in [3.8, 4) is 0 Å². The molecule has 0 rings (SSSR count). The van der Waals surface area contributed by atoms with Crippen LogP contribution in [0.3, 0.4) is 0 Å². The van der Waals surface area contributed by atoms with Crippen molar-refractivity contribution in [2.24, 2.45) is 5.73 Å². The molecule has 0 aliphatic carbocycles. The lowest BCUT2D eigenvalue weighted by Gasteiger charge is -2.21. The van der Waals surface area contributed by atoms with E-state index in [1.807, 2.05) is 0 Å². The Hall–Kier alpha value is 0.440. The van der Waals surface area contributed by atoms with Gasteiger partial charge >= 0.3 is 5.97 Å². The van der Waals surface area contributed by atoms with Crippen molar-refractivity contribution < 1.29 is 14.6 Å². The van der Waals surface area contributed by atoms with Crippen molar-refractivity contribution >= 4 is 43.9 Å². The van der Waals surface area contributed by atoms with Crippen LogP contribution in [0.5, 0.6) is 0 Å². The number of esters is 1. The molecule has 0 saturated carbocycles. The number of carbonyl (C=O) groups excluding carboxylic acids is 1. The molecule has 0 fully saturated rings. The molecule has 0 aromatic carbocycles. The molecule has 0 aromatic heterocycles. The van der Waals surface area contributed by atoms with Crippen LogP contribution in [-0.2, 0) is 9.53 Å². The van der Waals surface area contributed by atoms with E-state index in [-0.39, 0.29) is 17.6 Å². The Labute approximate surface area is 99.8 Å². The summed E-state index contributed by atoms with van der Waals surface area (Å²) < 4.78 is 4.92. The second-order valence-electron chi connectivity index (χ2n) is 2.70. The van der Waals surface area contributed by atoms with Gasteiger partial charge in [-0.2, -0.15) is 37.9 Å². The molecule has 0 radical (unpaired) electrons. The number of thiol groups is 3. The predicted molar refractivity (Wildman–Crippen MR) is 65.4 cm³/mol. The van der Waals surface area contributed by atoms with E-state index in [9.17, 15) is 4.79 Å². The van der Waals surface area contributed by atoms with Gasteiger partial charge in [0.1, 0.15) is 12.1 Å². The van der Waals surface area contributed by atoms with Crippen molar-refractivity contribution in [3.63, 3.8) is 0 Å². The topological polar surface area (TPSA) is 72.6 Å². The molecular weight excluding hydrogens is 242 g/mol. The summed E-state index contributed by atoms with van der Waals surface area (Å²) in [5, 5.41) is 8.60. The molecule has 0 bridgehead atoms. The number of carbonyl (C=O) groups is 1. The highest BCUT2D eigenvalue weighted by atomic mass is 32.1. The molecule has 14 heavy (non-hydrogen) atoms. The molecular formula is C7H15NO3S3. The van der Waals surface area contributed by atoms with Crippen LogP contribution in [-0.4, -0.2) is 46.6 Å². The summed E-state index contributed by atoms with van der Waals surface area (Å²) in [6, 6.07) is -0.771. The summed E-state index contributed by atoms with van der Waals surface area (Å²) in [4.78, 5) is 11.2. The Kier molecular flexibility index (Phi) is 7.94. The average Bonchev–Trinajstić information content (AvgIpc) is 2.22. The van der Waals surface area contributed by atoms with E-state index in [1.165, 1.54) is 0 Å². The summed E-state index contributed by atoms with van der Waals surface area (Å²) in [7, 11) is 0. The fourth-order valence-electron chi connectivity index (χ4n) is 0.666. The van der Waals surface area contributed by atoms with E-state index in [0.29, 0.717) is 5.75 Å². The fraction of sp³-hybridized carbons (Fsp3) is 0.857. The maximum atomic E-state index is 11.2. The molecule has 0 aromatic rings. The van der Waals surface area contributed by atoms with E-state index in [0.717, 1.165) is 0 Å². The molecule has 0 aliphatic rings. The lowest BCUT2D eigenvalue weighted by molar-refractivity contribution is -0.151. The molecule has 7 heteroatoms. The molecule has 3 atom stereocenters. The van der Waals surface area contributed by atoms with Crippen LogP contribution < -0.4 is 5.73 Å². The minimum absolute atomic E-state index is 0.203. The number of rotatable bonds is 6. The summed E-state index contributed by atoms with van der Waals surface area (Å²) in [6.07, 6.45) is -0.672. The lowest BCUT2D eigenvalue weighted by atomic mass is 10.3. The Morgan fingerprint density at radius 2 is 2.00 bits per heavy atom. The van der Waals surface area contributed by atoms with Gasteiger partial charge in [-0.3, -0.25) is 4.79 Å². The zero-order valence-electron chi connectivity index (χ0n) is 7.54. The average molecular weight is 257 g/mol. The minimum atomic E-state index is -0.771. The molecule has 0 saturated heterocycles. The molecule has 0 aliphatic heterocycles. The van der Waals surface area contributed by atoms with Gasteiger partial charge in [0.05, 0.1) is 6.61 Å². The summed E-state index contributed by atoms with van der Waals surface area (Å²) in [5.74, 6) is 0.0206. The van der Waals surface area contributed by atoms with Crippen LogP contribution >= 0.6 is 37.9 Å². The van der Waals surface area contributed by atoms with E-state index < -0.39 is 18.1 Å². The van der Waals surface area contributed by atoms with Gasteiger partial charge in [-0.25, -0.2) is 0 Å². The van der Waals surface area contributed by atoms with Crippen molar-refractivity contribution in [2.75, 3.05) is 18.1 Å². The summed E-state index contributed by atoms with van der Waals surface area (Å²) in [5.41, 5.74) is 5.38. The summed E-state index contributed by atoms with van der Waals surface area (Å²) in [6.45, 7) is -0.292. The minimum Gasteiger partial charge on any atom is -0.458 e. The van der Waals surface area contributed by atoms with Crippen LogP contribution in [0.1, 0.15) is 0 Å². The van der Waals surface area contributed by atoms with Gasteiger partial charge < -0.3 is 15.6 Å². The highest BCUT2D eigenvalue weighted by molar-refractivity contribution is 7.84. The third kappa shape index (κ3) is 4.79. The van der Waals surface area contributed by atoms with Crippen molar-refractivity contribution in [1.29, 1.82) is 0 Å². The number of ether oxygens (including phenoxy) is 1. The quantitative estimate of drug-likeness (QED) is 0.325. The van der Waals surface area contributed by atoms with E-state index >= 15 is 0 Å². The first-order chi connectivity index (χ1) is 6.56. The van der Waals surface area contributed by atoms with E-state index in [2.05, 4.69) is 37.9 Å². The highest BCUT2D eigenvalue weighted by Gasteiger charge is 2.23. The van der Waals surface area contributed by atoms with Crippen LogP contribution in [0, 0.1) is 0 Å². The van der Waals surface area contributed by atoms with Gasteiger partial charge in [-0.15, -0.1) is 0 Å². The second-order valence-corrected chi connectivity index (χ2v) is 4.09. The molecule has 0 spiro atoms. The SMILES string of the molecule is N[C@@H](CS)C(=O)O[C@H](CO)[C@H](S)CS. The van der Waals surface area contributed by atoms with Crippen LogP contribution in [0.25, 0.3) is 0 Å². The Morgan fingerprint density at radius 1 is 1.43 bits per heavy atom. The number of aliphatic hydroxyl groups is 1. The lowest BCUT2D eigenvalue weighted by Crippen LogP contribution is -2.40. The maximum absolute atomic E-state index is 11.2. The zero-order valence-corrected chi connectivity index (χ0v) is 10.2. The molecule has 3 N–H and O–H groups in total. The predicted octanol–water partition coefficient (Wildman–Crippen LogP) is -0.624. The zero-order chi connectivity index (χ0) is 11.1. The van der Waals surface area contributed by atoms with Crippen molar-refractivity contribution in [3.05, 3.63) is 0 Å². The largest absolute Gasteiger partial charge is 0.458 e. The first kappa shape index (κ1) is 14.4. The van der Waals surface area contributed by atoms with Gasteiger partial charge in [0.15, 0.2) is 0 Å². The Morgan fingerprint density at radius 3 is 2.36 bits per heavy atom. The third-order valence-electron chi connectivity index (χ3n) is 1.56. The fourth-order valence-corrected chi connectivity index (χ4v) is 1.21. The molecule has 4 nitrogen and oxygen atoms in total. The van der Waals surface area contributed by atoms with Gasteiger partial charge in [-0.1, -0.05) is 0 Å². The number of nitrogens with two attached hydrogens (primary N) is 1. The number of aliphatic hydroxyl groups excluding tert-OH is 1. The third-order valence-corrected chi connectivity index (χ3v) is 3.15. The smallest absolute Gasteiger partial charge is 0.324 e. The molecule has 0 heterocycles. The molecule has 0 unspecified atom stereocenters. The normalized spacial score (nSPS) is 17.2. The highest BCUT2D eigenvalue weighted by Crippen LogP contribution is 2.09. The van der Waals surface area contributed by atoms with Crippen molar-refractivity contribution in [2.45, 2.75) is 17.4 Å². The summed E-state index contributed by atoms with van der Waals surface area (Å²) >= 11 is 11.9. The van der Waals surface area contributed by atoms with Gasteiger partial charge in [-0.05, 0) is 0 Å². The molecule has 0 amide bonds. The van der Waals surface area contributed by atoms with Crippen LogP contribution in [0.2, 0.25) is 0 Å². The Bertz CT molecular complexity index is 182. The van der Waals surface area contributed by atoms with E-state index in [4.69, 9.17) is 15.6 Å². The maximum Gasteiger partial charge on any atom is 0.324 e. The monoisotopic (exact) mass is 257 g/mol. The van der Waals surface area contributed by atoms with Crippen LogP contribution in [0.4, 0.5) is 0 Å². The number of hydrogen-bond donors (Lipinski definition) is 5.